The smallest absolute Gasteiger partial charge is 0.181 e. The summed E-state index contributed by atoms with van der Waals surface area (Å²) in [5.74, 6) is 0.778. The number of hydrogen-bond acceptors (Lipinski definition) is 3. The van der Waals surface area contributed by atoms with Gasteiger partial charge < -0.3 is 9.47 Å². The van der Waals surface area contributed by atoms with E-state index in [1.807, 2.05) is 0 Å². The zero-order valence-electron chi connectivity index (χ0n) is 3.96. The highest BCUT2D eigenvalue weighted by Gasteiger charge is 2.21. The number of rotatable bonds is 3. The molecule has 1 heterocycles. The minimum atomic E-state index is 0.104. The zero-order valence-corrected chi connectivity index (χ0v) is 4.86. The van der Waals surface area contributed by atoms with Crippen LogP contribution >= 0.6 is 12.6 Å². The summed E-state index contributed by atoms with van der Waals surface area (Å²) in [7, 11) is 0. The molecule has 0 spiro atoms. The zero-order chi connectivity index (χ0) is 5.11. The van der Waals surface area contributed by atoms with Crippen molar-refractivity contribution in [2.45, 2.75) is 6.29 Å². The van der Waals surface area contributed by atoms with E-state index in [4.69, 9.17) is 9.47 Å². The van der Waals surface area contributed by atoms with Gasteiger partial charge in [0.25, 0.3) is 0 Å². The van der Waals surface area contributed by atoms with Gasteiger partial charge in [0.2, 0.25) is 0 Å². The second-order valence-corrected chi connectivity index (χ2v) is 1.80. The molecule has 2 nitrogen and oxygen atoms in total. The molecule has 1 aliphatic rings. The van der Waals surface area contributed by atoms with Crippen molar-refractivity contribution < 1.29 is 9.47 Å². The van der Waals surface area contributed by atoms with Crippen LogP contribution in [0.4, 0.5) is 0 Å². The number of hydrogen-bond donors (Lipinski definition) is 1. The fraction of sp³-hybridized carbons (Fsp3) is 1.00. The largest absolute Gasteiger partial charge is 0.349 e. The van der Waals surface area contributed by atoms with Crippen LogP contribution in [0, 0.1) is 0 Å². The number of ether oxygens (including phenoxy) is 2. The van der Waals surface area contributed by atoms with E-state index in [0.29, 0.717) is 6.61 Å². The molecule has 1 rings (SSSR count). The summed E-state index contributed by atoms with van der Waals surface area (Å²) in [6.45, 7) is 1.47. The molecule has 1 unspecified atom stereocenters. The summed E-state index contributed by atoms with van der Waals surface area (Å²) < 4.78 is 9.76. The first-order valence-electron chi connectivity index (χ1n) is 2.27. The van der Waals surface area contributed by atoms with Gasteiger partial charge in [-0.3, -0.25) is 0 Å². The summed E-state index contributed by atoms with van der Waals surface area (Å²) in [5, 5.41) is 0. The first-order valence-corrected chi connectivity index (χ1v) is 2.91. The Kier molecular flexibility index (Phi) is 1.97. The van der Waals surface area contributed by atoms with E-state index < -0.39 is 0 Å². The van der Waals surface area contributed by atoms with Gasteiger partial charge >= 0.3 is 0 Å². The maximum Gasteiger partial charge on any atom is 0.181 e. The van der Waals surface area contributed by atoms with Crippen molar-refractivity contribution in [2.75, 3.05) is 19.0 Å². The molecule has 1 aliphatic heterocycles. The average molecular weight is 120 g/mol. The topological polar surface area (TPSA) is 21.8 Å². The Morgan fingerprint density at radius 3 is 3.00 bits per heavy atom. The molecular weight excluding hydrogens is 112 g/mol. The van der Waals surface area contributed by atoms with Gasteiger partial charge in [0.1, 0.15) is 6.61 Å². The van der Waals surface area contributed by atoms with Crippen LogP contribution in [0.15, 0.2) is 0 Å². The average Bonchev–Trinajstić information content (AvgIpc) is 2.42. The third-order valence-electron chi connectivity index (χ3n) is 0.698. The van der Waals surface area contributed by atoms with Crippen LogP contribution in [0.25, 0.3) is 0 Å². The van der Waals surface area contributed by atoms with Crippen LogP contribution in [-0.2, 0) is 9.47 Å². The molecule has 0 aromatic rings. The lowest BCUT2D eigenvalue weighted by molar-refractivity contribution is 0.0612. The SMILES string of the molecule is SCCOC1CO1. The quantitative estimate of drug-likeness (QED) is 0.427. The lowest BCUT2D eigenvalue weighted by atomic mass is 10.8. The van der Waals surface area contributed by atoms with Crippen molar-refractivity contribution in [3.8, 4) is 0 Å². The van der Waals surface area contributed by atoms with Gasteiger partial charge in [-0.25, -0.2) is 0 Å². The second-order valence-electron chi connectivity index (χ2n) is 1.36. The van der Waals surface area contributed by atoms with Crippen LogP contribution < -0.4 is 0 Å². The molecule has 1 fully saturated rings. The first kappa shape index (κ1) is 5.41. The highest BCUT2D eigenvalue weighted by Crippen LogP contribution is 2.09. The van der Waals surface area contributed by atoms with E-state index in [0.717, 1.165) is 12.4 Å². The van der Waals surface area contributed by atoms with Gasteiger partial charge in [0, 0.05) is 5.75 Å². The molecule has 0 bridgehead atoms. The third kappa shape index (κ3) is 2.16. The summed E-state index contributed by atoms with van der Waals surface area (Å²) in [6, 6.07) is 0. The van der Waals surface area contributed by atoms with Gasteiger partial charge in [0.15, 0.2) is 6.29 Å². The maximum absolute atomic E-state index is 5.00. The van der Waals surface area contributed by atoms with E-state index in [1.54, 1.807) is 0 Å². The molecule has 0 N–H and O–H groups in total. The third-order valence-corrected chi connectivity index (χ3v) is 0.880. The van der Waals surface area contributed by atoms with Gasteiger partial charge in [-0.15, -0.1) is 0 Å². The van der Waals surface area contributed by atoms with Crippen molar-refractivity contribution in [1.82, 2.24) is 0 Å². The van der Waals surface area contributed by atoms with Crippen molar-refractivity contribution in [3.63, 3.8) is 0 Å². The van der Waals surface area contributed by atoms with Crippen LogP contribution in [0.5, 0.6) is 0 Å². The molecule has 3 heteroatoms. The van der Waals surface area contributed by atoms with Gasteiger partial charge in [-0.1, -0.05) is 0 Å². The Balaban J connectivity index is 1.80. The summed E-state index contributed by atoms with van der Waals surface area (Å²) in [6.07, 6.45) is 0.104. The van der Waals surface area contributed by atoms with Crippen molar-refractivity contribution in [3.05, 3.63) is 0 Å². The van der Waals surface area contributed by atoms with Crippen molar-refractivity contribution in [2.24, 2.45) is 0 Å². The molecule has 0 saturated carbocycles. The molecule has 0 amide bonds. The van der Waals surface area contributed by atoms with Crippen LogP contribution in [0.2, 0.25) is 0 Å². The standard InChI is InChI=1S/C4H8O2S/c7-2-1-5-4-3-6-4/h4,7H,1-3H2. The molecule has 0 aromatic heterocycles. The monoisotopic (exact) mass is 120 g/mol. The van der Waals surface area contributed by atoms with Crippen LogP contribution in [0.3, 0.4) is 0 Å². The predicted octanol–water partition coefficient (Wildman–Crippen LogP) is 0.289. The molecule has 0 radical (unpaired) electrons. The van der Waals surface area contributed by atoms with Crippen molar-refractivity contribution in [1.29, 1.82) is 0 Å². The summed E-state index contributed by atoms with van der Waals surface area (Å²) in [5.41, 5.74) is 0. The Labute approximate surface area is 48.2 Å². The van der Waals surface area contributed by atoms with E-state index >= 15 is 0 Å². The fourth-order valence-electron chi connectivity index (χ4n) is 0.320. The Hall–Kier alpha value is 0.270. The Bertz CT molecular complexity index is 53.7. The summed E-state index contributed by atoms with van der Waals surface area (Å²) >= 11 is 3.94. The van der Waals surface area contributed by atoms with Crippen molar-refractivity contribution >= 4 is 12.6 Å². The Morgan fingerprint density at radius 2 is 2.57 bits per heavy atom. The molecular formula is C4H8O2S. The number of thiol groups is 1. The minimum Gasteiger partial charge on any atom is -0.349 e. The van der Waals surface area contributed by atoms with Gasteiger partial charge in [-0.05, 0) is 0 Å². The van der Waals surface area contributed by atoms with E-state index in [-0.39, 0.29) is 6.29 Å². The summed E-state index contributed by atoms with van der Waals surface area (Å²) in [4.78, 5) is 0. The molecule has 1 atom stereocenters. The van der Waals surface area contributed by atoms with Crippen LogP contribution in [0.1, 0.15) is 0 Å². The molecule has 7 heavy (non-hydrogen) atoms. The lowest BCUT2D eigenvalue weighted by Gasteiger charge is -1.91. The molecule has 42 valence electrons. The highest BCUT2D eigenvalue weighted by atomic mass is 32.1. The van der Waals surface area contributed by atoms with Gasteiger partial charge in [-0.2, -0.15) is 12.6 Å². The van der Waals surface area contributed by atoms with Crippen LogP contribution in [-0.4, -0.2) is 25.3 Å². The normalized spacial score (nSPS) is 27.9. The molecule has 1 saturated heterocycles. The van der Waals surface area contributed by atoms with E-state index in [9.17, 15) is 0 Å². The Morgan fingerprint density at radius 1 is 1.86 bits per heavy atom. The highest BCUT2D eigenvalue weighted by molar-refractivity contribution is 7.80. The second kappa shape index (κ2) is 2.55. The van der Waals surface area contributed by atoms with E-state index in [2.05, 4.69) is 12.6 Å². The lowest BCUT2D eigenvalue weighted by Crippen LogP contribution is -1.97. The van der Waals surface area contributed by atoms with E-state index in [1.165, 1.54) is 0 Å². The molecule has 0 aliphatic carbocycles. The fourth-order valence-corrected chi connectivity index (χ4v) is 0.425. The minimum absolute atomic E-state index is 0.104. The van der Waals surface area contributed by atoms with Gasteiger partial charge in [0.05, 0.1) is 6.61 Å². The first-order chi connectivity index (χ1) is 3.43. The number of epoxide rings is 1. The molecule has 0 aromatic carbocycles. The predicted molar refractivity (Wildman–Crippen MR) is 29.5 cm³/mol. The maximum atomic E-state index is 5.00.